The second-order valence-corrected chi connectivity index (χ2v) is 11.0. The minimum absolute atomic E-state index is 0.199. The lowest BCUT2D eigenvalue weighted by atomic mass is 10.0. The number of nitrogens with one attached hydrogen (secondary N) is 2. The van der Waals surface area contributed by atoms with Gasteiger partial charge in [-0.25, -0.2) is 4.98 Å². The van der Waals surface area contributed by atoms with E-state index in [0.717, 1.165) is 31.7 Å². The van der Waals surface area contributed by atoms with Gasteiger partial charge in [0.1, 0.15) is 5.82 Å². The van der Waals surface area contributed by atoms with Gasteiger partial charge in [-0.15, -0.1) is 0 Å². The maximum absolute atomic E-state index is 13.6. The summed E-state index contributed by atoms with van der Waals surface area (Å²) >= 11 is 12.4. The standard InChI is InChI=1S/C30H32Cl2N6O3/c1-36(15-16-41-2)25-18-23(32)17-24(29(40)34-26-10-9-22(31)19-33-26)27(25)35-28(39)20-5-7-21(8-6-20)30(37-11-3-12-37)38-13-4-14-38/h5-10,17-19H,3-4,11-16H2,1-2H3,(H-,33,34,35,39,40)/p+1. The first-order valence-electron chi connectivity index (χ1n) is 13.6. The summed E-state index contributed by atoms with van der Waals surface area (Å²) < 4.78 is 7.63. The number of carbonyl (C=O) groups is 2. The normalized spacial score (nSPS) is 14.1. The summed E-state index contributed by atoms with van der Waals surface area (Å²) in [6.07, 6.45) is 3.84. The van der Waals surface area contributed by atoms with Gasteiger partial charge < -0.3 is 20.3 Å². The summed E-state index contributed by atoms with van der Waals surface area (Å²) in [4.78, 5) is 35.4. The number of likely N-dealkylation sites (tertiary alicyclic amines) is 1. The summed E-state index contributed by atoms with van der Waals surface area (Å²) in [7, 11) is 3.46. The maximum Gasteiger partial charge on any atom is 0.279 e. The highest BCUT2D eigenvalue weighted by atomic mass is 35.5. The highest BCUT2D eigenvalue weighted by Gasteiger charge is 2.32. The Labute approximate surface area is 249 Å². The Kier molecular flexibility index (Phi) is 9.07. The molecule has 11 heteroatoms. The fraction of sp³-hybridized carbons (Fsp3) is 0.333. The van der Waals surface area contributed by atoms with E-state index in [1.807, 2.05) is 36.2 Å². The Balaban J connectivity index is 1.44. The van der Waals surface area contributed by atoms with Crippen molar-refractivity contribution in [2.75, 3.05) is 69.0 Å². The lowest BCUT2D eigenvalue weighted by Gasteiger charge is -2.31. The second kappa shape index (κ2) is 12.9. The van der Waals surface area contributed by atoms with Gasteiger partial charge in [-0.2, -0.15) is 0 Å². The zero-order valence-electron chi connectivity index (χ0n) is 23.1. The Morgan fingerprint density at radius 1 is 0.976 bits per heavy atom. The molecule has 0 unspecified atom stereocenters. The van der Waals surface area contributed by atoms with Gasteiger partial charge >= 0.3 is 0 Å². The molecule has 3 aromatic rings. The van der Waals surface area contributed by atoms with Gasteiger partial charge in [-0.1, -0.05) is 23.2 Å². The molecule has 0 spiro atoms. The number of amides is 2. The number of amidine groups is 1. The topological polar surface area (TPSA) is 89.8 Å². The van der Waals surface area contributed by atoms with Crippen molar-refractivity contribution in [3.8, 4) is 0 Å². The van der Waals surface area contributed by atoms with Crippen LogP contribution in [-0.2, 0) is 4.74 Å². The van der Waals surface area contributed by atoms with E-state index in [9.17, 15) is 9.59 Å². The summed E-state index contributed by atoms with van der Waals surface area (Å²) in [5.41, 5.74) is 2.70. The molecule has 1 aromatic heterocycles. The SMILES string of the molecule is COCCN(C)c1cc(Cl)cc(C(=O)Nc2ccc(Cl)cn2)c1NC(=O)c1ccc(C(N2CCC2)=[N+]2CCC2)cc1. The number of methoxy groups -OCH3 is 1. The molecule has 2 aliphatic rings. The van der Waals surface area contributed by atoms with E-state index in [-0.39, 0.29) is 11.5 Å². The minimum atomic E-state index is -0.474. The van der Waals surface area contributed by atoms with E-state index in [0.29, 0.717) is 46.0 Å². The number of rotatable bonds is 9. The van der Waals surface area contributed by atoms with Crippen LogP contribution in [0.25, 0.3) is 0 Å². The molecule has 9 nitrogen and oxygen atoms in total. The lowest BCUT2D eigenvalue weighted by molar-refractivity contribution is -0.587. The van der Waals surface area contributed by atoms with E-state index in [1.165, 1.54) is 30.9 Å². The van der Waals surface area contributed by atoms with Crippen LogP contribution in [0.4, 0.5) is 17.2 Å². The van der Waals surface area contributed by atoms with Crippen molar-refractivity contribution in [2.45, 2.75) is 12.8 Å². The Morgan fingerprint density at radius 3 is 2.29 bits per heavy atom. The van der Waals surface area contributed by atoms with Crippen LogP contribution in [0.2, 0.25) is 10.0 Å². The van der Waals surface area contributed by atoms with Gasteiger partial charge in [0.25, 0.3) is 17.6 Å². The van der Waals surface area contributed by atoms with E-state index in [4.69, 9.17) is 27.9 Å². The van der Waals surface area contributed by atoms with E-state index >= 15 is 0 Å². The van der Waals surface area contributed by atoms with Crippen molar-refractivity contribution in [3.63, 3.8) is 0 Å². The average Bonchev–Trinajstić information content (AvgIpc) is 2.91. The molecular weight excluding hydrogens is 563 g/mol. The lowest BCUT2D eigenvalue weighted by Crippen LogP contribution is -2.49. The minimum Gasteiger partial charge on any atom is -0.383 e. The Morgan fingerprint density at radius 2 is 1.71 bits per heavy atom. The van der Waals surface area contributed by atoms with Crippen LogP contribution in [0.3, 0.4) is 0 Å². The molecule has 0 atom stereocenters. The molecule has 0 bridgehead atoms. The first-order valence-corrected chi connectivity index (χ1v) is 14.3. The molecule has 2 fully saturated rings. The van der Waals surface area contributed by atoms with Crippen LogP contribution in [0, 0.1) is 0 Å². The number of benzene rings is 2. The third kappa shape index (κ3) is 6.64. The number of likely N-dealkylation sites (N-methyl/N-ethyl adjacent to an activating group) is 1. The zero-order valence-corrected chi connectivity index (χ0v) is 24.6. The van der Waals surface area contributed by atoms with Gasteiger partial charge in [0.05, 0.1) is 60.3 Å². The fourth-order valence-corrected chi connectivity index (χ4v) is 5.09. The zero-order chi connectivity index (χ0) is 28.9. The smallest absolute Gasteiger partial charge is 0.279 e. The number of aromatic nitrogens is 1. The summed E-state index contributed by atoms with van der Waals surface area (Å²) in [5, 5.41) is 6.55. The summed E-state index contributed by atoms with van der Waals surface area (Å²) in [6, 6.07) is 14.1. The van der Waals surface area contributed by atoms with Crippen molar-refractivity contribution >= 4 is 58.0 Å². The van der Waals surface area contributed by atoms with E-state index in [2.05, 4.69) is 25.1 Å². The van der Waals surface area contributed by atoms with Gasteiger partial charge in [-0.3, -0.25) is 19.1 Å². The number of hydrogen-bond donors (Lipinski definition) is 2. The van der Waals surface area contributed by atoms with Crippen LogP contribution < -0.4 is 15.5 Å². The number of pyridine rings is 1. The molecule has 5 rings (SSSR count). The molecule has 0 saturated carbocycles. The van der Waals surface area contributed by atoms with Gasteiger partial charge in [0.15, 0.2) is 0 Å². The highest BCUT2D eigenvalue weighted by molar-refractivity contribution is 6.32. The maximum atomic E-state index is 13.6. The molecule has 41 heavy (non-hydrogen) atoms. The molecule has 3 heterocycles. The predicted molar refractivity (Wildman–Crippen MR) is 163 cm³/mol. The molecule has 2 aromatic carbocycles. The third-order valence-corrected chi connectivity index (χ3v) is 7.73. The quantitative estimate of drug-likeness (QED) is 0.272. The van der Waals surface area contributed by atoms with Crippen molar-refractivity contribution in [2.24, 2.45) is 0 Å². The molecule has 0 aliphatic carbocycles. The Hall–Kier alpha value is -3.66. The molecule has 214 valence electrons. The number of hydrogen-bond acceptors (Lipinski definition) is 5. The number of ether oxygens (including phenoxy) is 1. The van der Waals surface area contributed by atoms with Gasteiger partial charge in [0, 0.05) is 50.3 Å². The second-order valence-electron chi connectivity index (χ2n) is 10.1. The van der Waals surface area contributed by atoms with Crippen LogP contribution >= 0.6 is 23.2 Å². The predicted octanol–water partition coefficient (Wildman–Crippen LogP) is 4.84. The first kappa shape index (κ1) is 28.9. The Bertz CT molecular complexity index is 1450. The first-order chi connectivity index (χ1) is 19.8. The van der Waals surface area contributed by atoms with Crippen LogP contribution in [-0.4, -0.2) is 85.6 Å². The molecular formula is C30H33Cl2N6O3+. The van der Waals surface area contributed by atoms with Crippen LogP contribution in [0.5, 0.6) is 0 Å². The van der Waals surface area contributed by atoms with Gasteiger partial charge in [0.2, 0.25) is 0 Å². The van der Waals surface area contributed by atoms with E-state index < -0.39 is 5.91 Å². The largest absolute Gasteiger partial charge is 0.383 e. The third-order valence-electron chi connectivity index (χ3n) is 7.29. The molecule has 2 aliphatic heterocycles. The summed E-state index contributed by atoms with van der Waals surface area (Å²) in [5.74, 6) is 0.744. The fourth-order valence-electron chi connectivity index (χ4n) is 4.76. The molecule has 0 radical (unpaired) electrons. The molecule has 2 N–H and O–H groups in total. The number of halogens is 2. The summed E-state index contributed by atoms with van der Waals surface area (Å²) in [6.45, 7) is 5.18. The molecule has 2 saturated heterocycles. The number of nitrogens with zero attached hydrogens (tertiary/aromatic N) is 4. The van der Waals surface area contributed by atoms with Gasteiger partial charge in [-0.05, 0) is 48.5 Å². The van der Waals surface area contributed by atoms with E-state index in [1.54, 1.807) is 25.3 Å². The van der Waals surface area contributed by atoms with Crippen LogP contribution in [0.15, 0.2) is 54.7 Å². The van der Waals surface area contributed by atoms with Crippen molar-refractivity contribution in [1.82, 2.24) is 9.88 Å². The highest BCUT2D eigenvalue weighted by Crippen LogP contribution is 2.34. The monoisotopic (exact) mass is 595 g/mol. The molecule has 2 amide bonds. The number of carbonyl (C=O) groups excluding carboxylic acids is 2. The average molecular weight is 597 g/mol. The van der Waals surface area contributed by atoms with Crippen molar-refractivity contribution < 1.29 is 18.9 Å². The van der Waals surface area contributed by atoms with Crippen LogP contribution in [0.1, 0.15) is 39.1 Å². The van der Waals surface area contributed by atoms with Crippen molar-refractivity contribution in [3.05, 3.63) is 81.5 Å². The van der Waals surface area contributed by atoms with Crippen molar-refractivity contribution in [1.29, 1.82) is 0 Å². The number of anilines is 3.